The Balaban J connectivity index is 1.45. The van der Waals surface area contributed by atoms with Crippen molar-refractivity contribution < 1.29 is 14.9 Å². The van der Waals surface area contributed by atoms with Crippen LogP contribution in [0.2, 0.25) is 0 Å². The van der Waals surface area contributed by atoms with Gasteiger partial charge in [0.2, 0.25) is 0 Å². The molecule has 6 heteroatoms. The number of aliphatic hydroxyl groups is 2. The quantitative estimate of drug-likeness (QED) is 0.252. The molecular formula is C29H22O3S3. The molecule has 174 valence electrons. The normalized spacial score (nSPS) is 20.5. The molecule has 2 N–H and O–H groups in total. The number of benzene rings is 3. The first-order valence-electron chi connectivity index (χ1n) is 11.7. The fraction of sp³-hybridized carbons (Fsp3) is 0.172. The van der Waals surface area contributed by atoms with Gasteiger partial charge in [0, 0.05) is 32.8 Å². The molecule has 1 aliphatic heterocycles. The van der Waals surface area contributed by atoms with Gasteiger partial charge in [-0.15, -0.1) is 34.0 Å². The van der Waals surface area contributed by atoms with E-state index >= 15 is 0 Å². The highest BCUT2D eigenvalue weighted by atomic mass is 32.1. The summed E-state index contributed by atoms with van der Waals surface area (Å²) in [6.45, 7) is -0.165. The van der Waals surface area contributed by atoms with Crippen LogP contribution >= 0.6 is 34.0 Å². The van der Waals surface area contributed by atoms with Gasteiger partial charge < -0.3 is 14.9 Å². The first-order chi connectivity index (χ1) is 17.2. The van der Waals surface area contributed by atoms with E-state index in [2.05, 4.69) is 78.2 Å². The van der Waals surface area contributed by atoms with Gasteiger partial charge in [0.05, 0.1) is 38.3 Å². The van der Waals surface area contributed by atoms with Gasteiger partial charge in [0.15, 0.2) is 0 Å². The molecule has 3 aromatic carbocycles. The SMILES string of the molecule is OC[C@H]1O[C@H](c2sc(-c3sc(-c4scc5ccccc45)c4ccccc34)c3ccccc23)CC1O. The lowest BCUT2D eigenvalue weighted by Gasteiger charge is -2.11. The average Bonchev–Trinajstić information content (AvgIpc) is 3.66. The molecule has 6 aromatic rings. The van der Waals surface area contributed by atoms with Crippen LogP contribution in [-0.2, 0) is 4.74 Å². The first kappa shape index (κ1) is 21.7. The largest absolute Gasteiger partial charge is 0.394 e. The van der Waals surface area contributed by atoms with Gasteiger partial charge in [-0.1, -0.05) is 72.8 Å². The van der Waals surface area contributed by atoms with Crippen molar-refractivity contribution in [1.29, 1.82) is 0 Å². The van der Waals surface area contributed by atoms with E-state index in [1.807, 2.05) is 22.7 Å². The number of ether oxygens (including phenoxy) is 1. The van der Waals surface area contributed by atoms with Crippen LogP contribution in [0.3, 0.4) is 0 Å². The van der Waals surface area contributed by atoms with Crippen LogP contribution in [0.25, 0.3) is 51.8 Å². The molecule has 3 aromatic heterocycles. The van der Waals surface area contributed by atoms with Gasteiger partial charge in [-0.25, -0.2) is 0 Å². The Labute approximate surface area is 214 Å². The summed E-state index contributed by atoms with van der Waals surface area (Å²) in [5, 5.41) is 29.8. The minimum Gasteiger partial charge on any atom is -0.394 e. The zero-order valence-corrected chi connectivity index (χ0v) is 21.1. The highest BCUT2D eigenvalue weighted by Gasteiger charge is 2.36. The van der Waals surface area contributed by atoms with Gasteiger partial charge in [-0.3, -0.25) is 0 Å². The van der Waals surface area contributed by atoms with Crippen molar-refractivity contribution in [2.24, 2.45) is 0 Å². The van der Waals surface area contributed by atoms with Crippen LogP contribution in [0.1, 0.15) is 17.4 Å². The highest BCUT2D eigenvalue weighted by molar-refractivity contribution is 7.28. The zero-order valence-electron chi connectivity index (χ0n) is 18.7. The lowest BCUT2D eigenvalue weighted by atomic mass is 10.0. The Morgan fingerprint density at radius 1 is 0.714 bits per heavy atom. The number of fused-ring (bicyclic) bond motifs is 3. The Hall–Kier alpha value is -2.58. The maximum Gasteiger partial charge on any atom is 0.107 e. The van der Waals surface area contributed by atoms with Crippen molar-refractivity contribution >= 4 is 66.3 Å². The minimum absolute atomic E-state index is 0.165. The third-order valence-electron chi connectivity index (χ3n) is 6.89. The van der Waals surface area contributed by atoms with Gasteiger partial charge in [-0.2, -0.15) is 0 Å². The highest BCUT2D eigenvalue weighted by Crippen LogP contribution is 2.53. The molecular weight excluding hydrogens is 493 g/mol. The van der Waals surface area contributed by atoms with Gasteiger partial charge in [-0.05, 0) is 16.2 Å². The minimum atomic E-state index is -0.643. The summed E-state index contributed by atoms with van der Waals surface area (Å²) in [5.74, 6) is 0. The molecule has 0 radical (unpaired) electrons. The Morgan fingerprint density at radius 3 is 1.97 bits per heavy atom. The molecule has 0 aliphatic carbocycles. The van der Waals surface area contributed by atoms with E-state index in [4.69, 9.17) is 4.74 Å². The van der Waals surface area contributed by atoms with E-state index in [0.29, 0.717) is 6.42 Å². The molecule has 0 spiro atoms. The van der Waals surface area contributed by atoms with Gasteiger partial charge >= 0.3 is 0 Å². The predicted molar refractivity (Wildman–Crippen MR) is 149 cm³/mol. The predicted octanol–water partition coefficient (Wildman–Crippen LogP) is 7.85. The second-order valence-corrected chi connectivity index (χ2v) is 11.9. The second kappa shape index (κ2) is 8.52. The molecule has 0 saturated carbocycles. The van der Waals surface area contributed by atoms with E-state index in [9.17, 15) is 10.2 Å². The van der Waals surface area contributed by atoms with Crippen molar-refractivity contribution in [3.63, 3.8) is 0 Å². The van der Waals surface area contributed by atoms with Crippen LogP contribution in [0.5, 0.6) is 0 Å². The molecule has 7 rings (SSSR count). The van der Waals surface area contributed by atoms with E-state index in [1.165, 1.54) is 51.8 Å². The summed E-state index contributed by atoms with van der Waals surface area (Å²) in [6.07, 6.45) is -0.869. The number of hydrogen-bond donors (Lipinski definition) is 2. The molecule has 1 aliphatic rings. The van der Waals surface area contributed by atoms with Crippen LogP contribution in [0.15, 0.2) is 78.2 Å². The summed E-state index contributed by atoms with van der Waals surface area (Å²) in [7, 11) is 0. The molecule has 3 nitrogen and oxygen atoms in total. The molecule has 3 atom stereocenters. The molecule has 0 bridgehead atoms. The van der Waals surface area contributed by atoms with Crippen LogP contribution in [0, 0.1) is 0 Å². The summed E-state index contributed by atoms with van der Waals surface area (Å²) >= 11 is 5.44. The van der Waals surface area contributed by atoms with E-state index in [-0.39, 0.29) is 12.7 Å². The number of rotatable bonds is 4. The lowest BCUT2D eigenvalue weighted by molar-refractivity contribution is -0.0213. The van der Waals surface area contributed by atoms with Crippen molar-refractivity contribution in [1.82, 2.24) is 0 Å². The van der Waals surface area contributed by atoms with Crippen molar-refractivity contribution in [2.45, 2.75) is 24.7 Å². The van der Waals surface area contributed by atoms with E-state index < -0.39 is 12.2 Å². The first-order valence-corrected chi connectivity index (χ1v) is 14.2. The smallest absolute Gasteiger partial charge is 0.107 e. The Bertz CT molecular complexity index is 1690. The van der Waals surface area contributed by atoms with E-state index in [1.54, 1.807) is 11.3 Å². The van der Waals surface area contributed by atoms with Crippen LogP contribution in [0.4, 0.5) is 0 Å². The maximum atomic E-state index is 10.4. The third-order valence-corrected chi connectivity index (χ3v) is 10.8. The van der Waals surface area contributed by atoms with Crippen molar-refractivity contribution in [2.75, 3.05) is 6.61 Å². The molecule has 1 fully saturated rings. The number of thiophene rings is 3. The summed E-state index contributed by atoms with van der Waals surface area (Å²) in [5.41, 5.74) is 0. The molecule has 35 heavy (non-hydrogen) atoms. The number of hydrogen-bond acceptors (Lipinski definition) is 6. The van der Waals surface area contributed by atoms with Crippen LogP contribution in [-0.4, -0.2) is 29.0 Å². The Kier molecular flexibility index (Phi) is 5.28. The van der Waals surface area contributed by atoms with Gasteiger partial charge in [0.1, 0.15) is 6.10 Å². The fourth-order valence-corrected chi connectivity index (χ4v) is 9.15. The Morgan fingerprint density at radius 2 is 1.29 bits per heavy atom. The van der Waals surface area contributed by atoms with E-state index in [0.717, 1.165) is 4.88 Å². The van der Waals surface area contributed by atoms with Gasteiger partial charge in [0.25, 0.3) is 0 Å². The standard InChI is InChI=1S/C29H22O3S3/c30-14-24-22(31)13-23(32-24)25-18-9-3-4-10-19(18)28(34-25)29-21-12-6-5-11-20(21)27(35-29)26-17-8-2-1-7-16(17)15-33-26/h1-12,15,22-24,30-31H,13-14H2/t22?,23-,24+/m0/s1. The lowest BCUT2D eigenvalue weighted by Crippen LogP contribution is -2.24. The monoisotopic (exact) mass is 514 g/mol. The van der Waals surface area contributed by atoms with Crippen molar-refractivity contribution in [3.05, 3.63) is 83.1 Å². The summed E-state index contributed by atoms with van der Waals surface area (Å²) in [4.78, 5) is 6.29. The molecule has 1 saturated heterocycles. The third kappa shape index (κ3) is 3.40. The fourth-order valence-electron chi connectivity index (χ4n) is 5.18. The molecule has 4 heterocycles. The maximum absolute atomic E-state index is 10.4. The molecule has 1 unspecified atom stereocenters. The summed E-state index contributed by atoms with van der Waals surface area (Å²) < 4.78 is 6.08. The van der Waals surface area contributed by atoms with Crippen molar-refractivity contribution in [3.8, 4) is 19.5 Å². The second-order valence-electron chi connectivity index (χ2n) is 8.95. The zero-order chi connectivity index (χ0) is 23.5. The van der Waals surface area contributed by atoms with Crippen LogP contribution < -0.4 is 0 Å². The topological polar surface area (TPSA) is 49.7 Å². The molecule has 0 amide bonds. The average molecular weight is 515 g/mol. The number of aliphatic hydroxyl groups excluding tert-OH is 2. The summed E-state index contributed by atoms with van der Waals surface area (Å²) in [6, 6.07) is 25.8.